The van der Waals surface area contributed by atoms with Gasteiger partial charge in [-0.25, -0.2) is 0 Å². The minimum absolute atomic E-state index is 0.276. The van der Waals surface area contributed by atoms with Crippen molar-refractivity contribution in [1.82, 2.24) is 0 Å². The third-order valence-corrected chi connectivity index (χ3v) is 2.85. The molecule has 4 atom stereocenters. The molecule has 0 heterocycles. The highest BCUT2D eigenvalue weighted by Crippen LogP contribution is 1.97. The van der Waals surface area contributed by atoms with E-state index in [0.717, 1.165) is 0 Å². The predicted octanol–water partition coefficient (Wildman–Crippen LogP) is -1.24. The van der Waals surface area contributed by atoms with Gasteiger partial charge in [-0.2, -0.15) is 0 Å². The van der Waals surface area contributed by atoms with Gasteiger partial charge in [0.2, 0.25) is 0 Å². The van der Waals surface area contributed by atoms with Crippen molar-refractivity contribution in [1.29, 1.82) is 0 Å². The van der Waals surface area contributed by atoms with Crippen LogP contribution in [0.4, 0.5) is 0 Å². The maximum Gasteiger partial charge on any atom is 0.105 e. The Morgan fingerprint density at radius 3 is 1.60 bits per heavy atom. The third kappa shape index (κ3) is 5.67. The summed E-state index contributed by atoms with van der Waals surface area (Å²) < 4.78 is 46.5. The number of hydrogen-bond donors (Lipinski definition) is 0. The quantitative estimate of drug-likeness (QED) is 0.433. The molecule has 0 saturated heterocycles. The molecule has 0 aromatic rings. The highest BCUT2D eigenvalue weighted by molar-refractivity contribution is 7.80. The Labute approximate surface area is 93.2 Å². The molecule has 4 unspecified atom stereocenters. The first-order valence-electron chi connectivity index (χ1n) is 3.69. The summed E-state index contributed by atoms with van der Waals surface area (Å²) in [6, 6.07) is 0. The Balaban J connectivity index is 3.99. The molecule has 0 saturated carbocycles. The van der Waals surface area contributed by atoms with Gasteiger partial charge in [-0.05, 0) is 22.2 Å². The van der Waals surface area contributed by atoms with Crippen molar-refractivity contribution in [3.05, 3.63) is 0 Å². The van der Waals surface area contributed by atoms with Gasteiger partial charge in [0, 0.05) is 0 Å². The summed E-state index contributed by atoms with van der Waals surface area (Å²) in [7, 11) is 0. The van der Waals surface area contributed by atoms with E-state index in [-0.39, 0.29) is 13.2 Å². The van der Waals surface area contributed by atoms with E-state index in [1.165, 1.54) is 0 Å². The zero-order chi connectivity index (χ0) is 11.8. The zero-order valence-corrected chi connectivity index (χ0v) is 9.21. The highest BCUT2D eigenvalue weighted by atomic mass is 32.2. The first-order valence-corrected chi connectivity index (χ1v) is 5.96. The Morgan fingerprint density at radius 2 is 1.40 bits per heavy atom. The minimum atomic E-state index is -2.45. The average Bonchev–Trinajstić information content (AvgIpc) is 2.17. The van der Waals surface area contributed by atoms with Crippen LogP contribution in [0.25, 0.3) is 0 Å². The van der Waals surface area contributed by atoms with Crippen LogP contribution in [0, 0.1) is 24.7 Å². The van der Waals surface area contributed by atoms with Crippen molar-refractivity contribution in [3.8, 4) is 24.7 Å². The van der Waals surface area contributed by atoms with Gasteiger partial charge in [0.1, 0.15) is 10.5 Å². The van der Waals surface area contributed by atoms with Gasteiger partial charge in [0.15, 0.2) is 0 Å². The molecule has 0 aliphatic heterocycles. The minimum Gasteiger partial charge on any atom is -0.771 e. The van der Waals surface area contributed by atoms with Crippen molar-refractivity contribution in [2.75, 3.05) is 13.2 Å². The van der Waals surface area contributed by atoms with E-state index in [9.17, 15) is 17.5 Å². The molecule has 0 rings (SSSR count). The van der Waals surface area contributed by atoms with Crippen LogP contribution in [0.15, 0.2) is 0 Å². The van der Waals surface area contributed by atoms with Gasteiger partial charge in [0.05, 0.1) is 13.2 Å². The summed E-state index contributed by atoms with van der Waals surface area (Å²) in [5, 5.41) is -2.19. The van der Waals surface area contributed by atoms with Gasteiger partial charge >= 0.3 is 0 Å². The van der Waals surface area contributed by atoms with Crippen LogP contribution in [0.1, 0.15) is 0 Å². The number of hydrogen-bond acceptors (Lipinski definition) is 5. The van der Waals surface area contributed by atoms with Gasteiger partial charge in [-0.15, -0.1) is 12.8 Å². The molecule has 0 fully saturated rings. The second-order valence-corrected chi connectivity index (χ2v) is 4.55. The van der Waals surface area contributed by atoms with Crippen LogP contribution in [-0.2, 0) is 26.9 Å². The first kappa shape index (κ1) is 14.3. The predicted molar refractivity (Wildman–Crippen MR) is 53.9 cm³/mol. The molecule has 15 heavy (non-hydrogen) atoms. The van der Waals surface area contributed by atoms with E-state index in [1.54, 1.807) is 0 Å². The molecule has 0 radical (unpaired) electrons. The maximum atomic E-state index is 10.4. The van der Waals surface area contributed by atoms with Crippen LogP contribution in [0.3, 0.4) is 0 Å². The van der Waals surface area contributed by atoms with E-state index in [2.05, 4.69) is 0 Å². The summed E-state index contributed by atoms with van der Waals surface area (Å²) in [6.07, 6.45) is 9.80. The Kier molecular flexibility index (Phi) is 7.22. The summed E-state index contributed by atoms with van der Waals surface area (Å²) >= 11 is -4.89. The van der Waals surface area contributed by atoms with Crippen molar-refractivity contribution in [2.24, 2.45) is 0 Å². The van der Waals surface area contributed by atoms with E-state index in [1.807, 2.05) is 11.8 Å². The molecular weight excluding hydrogens is 240 g/mol. The zero-order valence-electron chi connectivity index (χ0n) is 7.58. The Bertz CT molecular complexity index is 295. The van der Waals surface area contributed by atoms with Crippen LogP contribution >= 0.6 is 0 Å². The lowest BCUT2D eigenvalue weighted by molar-refractivity contribution is 0.147. The normalized spacial score (nSPS) is 18.1. The lowest BCUT2D eigenvalue weighted by Crippen LogP contribution is -2.25. The largest absolute Gasteiger partial charge is 0.771 e. The van der Waals surface area contributed by atoms with E-state index in [4.69, 9.17) is 17.6 Å². The van der Waals surface area contributed by atoms with Crippen molar-refractivity contribution in [3.63, 3.8) is 0 Å². The maximum absolute atomic E-state index is 10.4. The van der Waals surface area contributed by atoms with Crippen molar-refractivity contribution < 1.29 is 22.3 Å². The lowest BCUT2D eigenvalue weighted by atomic mass is 10.4. The van der Waals surface area contributed by atoms with Gasteiger partial charge in [0.25, 0.3) is 0 Å². The summed E-state index contributed by atoms with van der Waals surface area (Å²) in [5.74, 6) is 3.96. The monoisotopic (exact) mass is 248 g/mol. The van der Waals surface area contributed by atoms with Gasteiger partial charge in [-0.3, -0.25) is 8.42 Å². The van der Waals surface area contributed by atoms with Gasteiger partial charge < -0.3 is 13.8 Å². The topological polar surface area (TPSA) is 89.5 Å². The fraction of sp³-hybridized carbons (Fsp3) is 0.500. The molecule has 0 amide bonds. The van der Waals surface area contributed by atoms with E-state index in [0.29, 0.717) is 0 Å². The highest BCUT2D eigenvalue weighted by Gasteiger charge is 2.09. The lowest BCUT2D eigenvalue weighted by Gasteiger charge is -2.17. The number of terminal acetylenes is 2. The van der Waals surface area contributed by atoms with Crippen LogP contribution in [-0.4, -0.2) is 41.2 Å². The third-order valence-electron chi connectivity index (χ3n) is 1.37. The van der Waals surface area contributed by atoms with Crippen molar-refractivity contribution >= 4 is 22.2 Å². The fourth-order valence-corrected chi connectivity index (χ4v) is 1.24. The molecule has 5 nitrogen and oxygen atoms in total. The van der Waals surface area contributed by atoms with E-state index < -0.39 is 32.7 Å². The molecule has 0 aliphatic rings. The standard InChI is InChI=1S/C8H10O5S2/c1-3-7(14(9)10)5-13-6-8(4-2)15(11)12/h1-2,7-8H,5-6H2,(H,9,10)(H,11,12)/p-2. The number of ether oxygens (including phenoxy) is 1. The Hall–Kier alpha value is -0.700. The molecule has 0 spiro atoms. The molecule has 0 aromatic heterocycles. The SMILES string of the molecule is C#CC(COCC(C#C)S(=O)[O-])S(=O)[O-]. The van der Waals surface area contributed by atoms with Crippen LogP contribution in [0.5, 0.6) is 0 Å². The molecule has 0 aromatic carbocycles. The molecule has 84 valence electrons. The molecule has 7 heteroatoms. The summed E-state index contributed by atoms with van der Waals surface area (Å²) in [4.78, 5) is 0. The molecular formula is C8H8O5S2-2. The second kappa shape index (κ2) is 7.57. The second-order valence-electron chi connectivity index (χ2n) is 2.37. The average molecular weight is 248 g/mol. The molecule has 0 N–H and O–H groups in total. The first-order chi connectivity index (χ1) is 7.02. The van der Waals surface area contributed by atoms with Crippen molar-refractivity contribution in [2.45, 2.75) is 10.5 Å². The smallest absolute Gasteiger partial charge is 0.105 e. The summed E-state index contributed by atoms with van der Waals surface area (Å²) in [6.45, 7) is -0.552. The summed E-state index contributed by atoms with van der Waals surface area (Å²) in [5.41, 5.74) is 0. The van der Waals surface area contributed by atoms with Crippen LogP contribution < -0.4 is 0 Å². The van der Waals surface area contributed by atoms with E-state index >= 15 is 0 Å². The molecule has 0 aliphatic carbocycles. The van der Waals surface area contributed by atoms with Gasteiger partial charge in [-0.1, -0.05) is 11.8 Å². The Morgan fingerprint density at radius 1 is 1.07 bits per heavy atom. The van der Waals surface area contributed by atoms with Crippen LogP contribution in [0.2, 0.25) is 0 Å². The fourth-order valence-electron chi connectivity index (χ4n) is 0.601. The number of rotatable bonds is 6. The molecule has 0 bridgehead atoms.